The van der Waals surface area contributed by atoms with Crippen molar-refractivity contribution in [2.45, 2.75) is 50.3 Å². The Morgan fingerprint density at radius 3 is 2.45 bits per heavy atom. The minimum absolute atomic E-state index is 0.0119. The molecule has 1 amide bonds. The molecule has 0 radical (unpaired) electrons. The number of aromatic hydroxyl groups is 1. The van der Waals surface area contributed by atoms with E-state index in [1.165, 1.54) is 0 Å². The van der Waals surface area contributed by atoms with Crippen LogP contribution in [0.25, 0.3) is 10.9 Å². The van der Waals surface area contributed by atoms with Gasteiger partial charge in [-0.15, -0.1) is 0 Å². The van der Waals surface area contributed by atoms with E-state index in [0.717, 1.165) is 43.1 Å². The number of hydrogen-bond donors (Lipinski definition) is 2. The van der Waals surface area contributed by atoms with Crippen molar-refractivity contribution in [3.63, 3.8) is 0 Å². The summed E-state index contributed by atoms with van der Waals surface area (Å²) < 4.78 is 21.5. The van der Waals surface area contributed by atoms with Crippen molar-refractivity contribution in [2.75, 3.05) is 24.9 Å². The van der Waals surface area contributed by atoms with Crippen molar-refractivity contribution in [3.05, 3.63) is 90.1 Å². The summed E-state index contributed by atoms with van der Waals surface area (Å²) >= 11 is -1.50. The second-order valence-electron chi connectivity index (χ2n) is 9.69. The number of anilines is 1. The molecule has 0 aliphatic rings. The van der Waals surface area contributed by atoms with Crippen molar-refractivity contribution in [3.8, 4) is 11.5 Å². The van der Waals surface area contributed by atoms with Crippen molar-refractivity contribution in [1.82, 2.24) is 9.88 Å². The van der Waals surface area contributed by atoms with Gasteiger partial charge in [0, 0.05) is 35.8 Å². The largest absolute Gasteiger partial charge is 0.588 e. The molecule has 0 saturated carbocycles. The Labute approximate surface area is 239 Å². The fourth-order valence-corrected chi connectivity index (χ4v) is 5.73. The summed E-state index contributed by atoms with van der Waals surface area (Å²) in [5, 5.41) is 11.2. The normalized spacial score (nSPS) is 11.8. The summed E-state index contributed by atoms with van der Waals surface area (Å²) in [6.45, 7) is 3.48. The number of unbranched alkanes of at least 4 members (excludes halogenated alkanes) is 3. The molecule has 1 unspecified atom stereocenters. The maximum atomic E-state index is 13.4. The molecule has 1 aromatic heterocycles. The van der Waals surface area contributed by atoms with E-state index in [0.29, 0.717) is 46.9 Å². The Hall–Kier alpha value is -3.75. The summed E-state index contributed by atoms with van der Waals surface area (Å²) in [5.41, 5.74) is 2.76. The van der Waals surface area contributed by atoms with E-state index in [1.807, 2.05) is 35.2 Å². The van der Waals surface area contributed by atoms with Gasteiger partial charge in [0.15, 0.2) is 0 Å². The Bertz CT molecular complexity index is 1390. The first kappa shape index (κ1) is 29.2. The van der Waals surface area contributed by atoms with Gasteiger partial charge in [-0.3, -0.25) is 9.78 Å². The average Bonchev–Trinajstić information content (AvgIpc) is 2.98. The minimum atomic E-state index is -1.50. The van der Waals surface area contributed by atoms with Crippen LogP contribution in [0.4, 0.5) is 5.69 Å². The quantitative estimate of drug-likeness (QED) is 0.131. The maximum Gasteiger partial charge on any atom is 0.253 e. The lowest BCUT2D eigenvalue weighted by molar-refractivity contribution is 0.0749. The molecule has 210 valence electrons. The van der Waals surface area contributed by atoms with E-state index >= 15 is 0 Å². The molecule has 1 heterocycles. The molecule has 0 aliphatic heterocycles. The van der Waals surface area contributed by atoms with Crippen molar-refractivity contribution in [2.24, 2.45) is 0 Å². The highest BCUT2D eigenvalue weighted by Crippen LogP contribution is 2.29. The number of phenols is 1. The van der Waals surface area contributed by atoms with Gasteiger partial charge in [-0.1, -0.05) is 44.0 Å². The topological polar surface area (TPSA) is 97.8 Å². The SMILES string of the molecule is CCCCCN(CCCCc1c(O)cccc1OC)C(=O)c1ccc(N[S+]([O-])c2cccc3cccnc23)cc1. The first-order valence-electron chi connectivity index (χ1n) is 13.8. The van der Waals surface area contributed by atoms with Crippen LogP contribution in [-0.2, 0) is 17.8 Å². The molecule has 0 bridgehead atoms. The van der Waals surface area contributed by atoms with Gasteiger partial charge in [-0.25, -0.2) is 4.72 Å². The molecule has 4 aromatic rings. The van der Waals surface area contributed by atoms with Crippen LogP contribution in [0.1, 0.15) is 54.9 Å². The standard InChI is InChI=1S/C32H37N3O4S/c1-3-4-6-22-35(23-7-5-13-27-28(36)14-9-15-29(27)39-2)32(37)25-17-19-26(20-18-25)34-40(38)30-16-8-11-24-12-10-21-33-31(24)30/h8-12,14-21,34,36H,3-7,13,22-23H2,1-2H3. The fraction of sp³-hybridized carbons (Fsp3) is 0.312. The third-order valence-corrected chi connectivity index (χ3v) is 8.04. The molecular weight excluding hydrogens is 522 g/mol. The summed E-state index contributed by atoms with van der Waals surface area (Å²) in [6.07, 6.45) is 7.10. The molecule has 1 atom stereocenters. The predicted octanol–water partition coefficient (Wildman–Crippen LogP) is 6.74. The number of hydrogen-bond acceptors (Lipinski definition) is 6. The first-order valence-corrected chi connectivity index (χ1v) is 14.9. The third kappa shape index (κ3) is 7.46. The summed E-state index contributed by atoms with van der Waals surface area (Å²) in [6, 6.07) is 21.8. The van der Waals surface area contributed by atoms with Gasteiger partial charge in [-0.2, -0.15) is 0 Å². The molecule has 0 aliphatic carbocycles. The number of ether oxygens (including phenoxy) is 1. The maximum absolute atomic E-state index is 13.4. The van der Waals surface area contributed by atoms with Crippen molar-refractivity contribution in [1.29, 1.82) is 0 Å². The van der Waals surface area contributed by atoms with E-state index in [2.05, 4.69) is 16.6 Å². The Morgan fingerprint density at radius 1 is 0.975 bits per heavy atom. The minimum Gasteiger partial charge on any atom is -0.588 e. The number of amides is 1. The second-order valence-corrected chi connectivity index (χ2v) is 10.9. The van der Waals surface area contributed by atoms with E-state index in [1.54, 1.807) is 55.8 Å². The number of rotatable bonds is 14. The lowest BCUT2D eigenvalue weighted by Crippen LogP contribution is -2.33. The number of benzene rings is 3. The zero-order chi connectivity index (χ0) is 28.3. The number of aromatic nitrogens is 1. The first-order chi connectivity index (χ1) is 19.5. The lowest BCUT2D eigenvalue weighted by Gasteiger charge is -2.23. The zero-order valence-corrected chi connectivity index (χ0v) is 24.0. The summed E-state index contributed by atoms with van der Waals surface area (Å²) in [4.78, 5) is 20.4. The van der Waals surface area contributed by atoms with Crippen LogP contribution >= 0.6 is 0 Å². The van der Waals surface area contributed by atoms with Gasteiger partial charge in [0.05, 0.1) is 12.8 Å². The Morgan fingerprint density at radius 2 is 1.70 bits per heavy atom. The lowest BCUT2D eigenvalue weighted by atomic mass is 10.1. The van der Waals surface area contributed by atoms with Gasteiger partial charge in [-0.05, 0) is 74.2 Å². The molecule has 3 aromatic carbocycles. The highest BCUT2D eigenvalue weighted by Gasteiger charge is 2.19. The summed E-state index contributed by atoms with van der Waals surface area (Å²) in [5.74, 6) is 0.908. The smallest absolute Gasteiger partial charge is 0.253 e. The van der Waals surface area contributed by atoms with Crippen LogP contribution in [0, 0.1) is 0 Å². The fourth-order valence-electron chi connectivity index (χ4n) is 4.72. The predicted molar refractivity (Wildman–Crippen MR) is 161 cm³/mol. The van der Waals surface area contributed by atoms with Crippen LogP contribution in [0.2, 0.25) is 0 Å². The molecule has 0 saturated heterocycles. The van der Waals surface area contributed by atoms with E-state index in [9.17, 15) is 14.5 Å². The highest BCUT2D eigenvalue weighted by molar-refractivity contribution is 7.93. The number of carbonyl (C=O) groups excluding carboxylic acids is 1. The van der Waals surface area contributed by atoms with E-state index in [-0.39, 0.29) is 11.7 Å². The van der Waals surface area contributed by atoms with Gasteiger partial charge in [0.1, 0.15) is 28.4 Å². The molecule has 7 nitrogen and oxygen atoms in total. The number of nitrogens with zero attached hydrogens (tertiary/aromatic N) is 2. The van der Waals surface area contributed by atoms with Gasteiger partial charge in [0.2, 0.25) is 4.90 Å². The van der Waals surface area contributed by atoms with Gasteiger partial charge >= 0.3 is 0 Å². The van der Waals surface area contributed by atoms with E-state index in [4.69, 9.17) is 4.74 Å². The highest BCUT2D eigenvalue weighted by atomic mass is 32.2. The van der Waals surface area contributed by atoms with Crippen molar-refractivity contribution < 1.29 is 19.2 Å². The number of fused-ring (bicyclic) bond motifs is 1. The number of nitrogens with one attached hydrogen (secondary N) is 1. The number of para-hydroxylation sites is 1. The van der Waals surface area contributed by atoms with Gasteiger partial charge in [0.25, 0.3) is 5.91 Å². The second kappa shape index (κ2) is 14.6. The monoisotopic (exact) mass is 559 g/mol. The Balaban J connectivity index is 1.38. The zero-order valence-electron chi connectivity index (χ0n) is 23.1. The average molecular weight is 560 g/mol. The van der Waals surface area contributed by atoms with Crippen molar-refractivity contribution >= 4 is 33.9 Å². The van der Waals surface area contributed by atoms with Crippen LogP contribution in [0.3, 0.4) is 0 Å². The number of phenolic OH excluding ortho intramolecular Hbond substituents is 1. The summed E-state index contributed by atoms with van der Waals surface area (Å²) in [7, 11) is 1.60. The molecule has 2 N–H and O–H groups in total. The molecule has 8 heteroatoms. The molecular formula is C32H37N3O4S. The molecule has 4 rings (SSSR count). The van der Waals surface area contributed by atoms with Crippen LogP contribution < -0.4 is 9.46 Å². The Kier molecular flexibility index (Phi) is 10.7. The van der Waals surface area contributed by atoms with Crippen LogP contribution in [0.15, 0.2) is 83.9 Å². The van der Waals surface area contributed by atoms with E-state index < -0.39 is 11.4 Å². The number of pyridine rings is 1. The molecule has 0 spiro atoms. The van der Waals surface area contributed by atoms with Gasteiger partial charge < -0.3 is 19.3 Å². The molecule has 40 heavy (non-hydrogen) atoms. The number of methoxy groups -OCH3 is 1. The van der Waals surface area contributed by atoms with Crippen LogP contribution in [-0.4, -0.2) is 45.6 Å². The molecule has 0 fully saturated rings. The van der Waals surface area contributed by atoms with Crippen LogP contribution in [0.5, 0.6) is 11.5 Å². The third-order valence-electron chi connectivity index (χ3n) is 6.89. The number of carbonyl (C=O) groups is 1.